The Morgan fingerprint density at radius 3 is 2.29 bits per heavy atom. The Bertz CT molecular complexity index is 283. The van der Waals surface area contributed by atoms with E-state index >= 15 is 0 Å². The maximum absolute atomic E-state index is 13.7. The maximum atomic E-state index is 13.7. The van der Waals surface area contributed by atoms with Crippen molar-refractivity contribution < 1.29 is 4.39 Å². The SMILES string of the molecule is CC(C)c1ccccc1C(F)CCN. The summed E-state index contributed by atoms with van der Waals surface area (Å²) in [6.07, 6.45) is -0.511. The van der Waals surface area contributed by atoms with E-state index in [1.165, 1.54) is 0 Å². The van der Waals surface area contributed by atoms with Gasteiger partial charge in [0.1, 0.15) is 6.17 Å². The zero-order valence-corrected chi connectivity index (χ0v) is 8.83. The molecule has 0 fully saturated rings. The van der Waals surface area contributed by atoms with E-state index in [1.807, 2.05) is 24.3 Å². The first-order valence-corrected chi connectivity index (χ1v) is 5.09. The normalized spacial score (nSPS) is 13.2. The van der Waals surface area contributed by atoms with Crippen LogP contribution in [0.25, 0.3) is 0 Å². The van der Waals surface area contributed by atoms with Crippen LogP contribution in [0.3, 0.4) is 0 Å². The van der Waals surface area contributed by atoms with Crippen LogP contribution in [-0.4, -0.2) is 6.54 Å². The van der Waals surface area contributed by atoms with Crippen molar-refractivity contribution in [3.8, 4) is 0 Å². The van der Waals surface area contributed by atoms with Crippen molar-refractivity contribution in [1.82, 2.24) is 0 Å². The second-order valence-corrected chi connectivity index (χ2v) is 3.83. The van der Waals surface area contributed by atoms with Gasteiger partial charge in [-0.05, 0) is 30.0 Å². The molecule has 1 atom stereocenters. The molecule has 0 saturated carbocycles. The standard InChI is InChI=1S/C12H18FN/c1-9(2)10-5-3-4-6-11(10)12(13)7-8-14/h3-6,9,12H,7-8,14H2,1-2H3. The van der Waals surface area contributed by atoms with Crippen molar-refractivity contribution in [2.75, 3.05) is 6.54 Å². The van der Waals surface area contributed by atoms with Crippen molar-refractivity contribution in [3.05, 3.63) is 35.4 Å². The molecule has 0 amide bonds. The van der Waals surface area contributed by atoms with Gasteiger partial charge in [0.05, 0.1) is 0 Å². The minimum absolute atomic E-state index is 0.363. The Morgan fingerprint density at radius 2 is 1.79 bits per heavy atom. The van der Waals surface area contributed by atoms with E-state index in [4.69, 9.17) is 5.73 Å². The summed E-state index contributed by atoms with van der Waals surface area (Å²) in [5, 5.41) is 0. The highest BCUT2D eigenvalue weighted by molar-refractivity contribution is 5.31. The molecule has 14 heavy (non-hydrogen) atoms. The molecule has 1 rings (SSSR count). The fraction of sp³-hybridized carbons (Fsp3) is 0.500. The Morgan fingerprint density at radius 1 is 1.21 bits per heavy atom. The highest BCUT2D eigenvalue weighted by Crippen LogP contribution is 2.28. The molecule has 1 aromatic rings. The lowest BCUT2D eigenvalue weighted by Crippen LogP contribution is -2.06. The van der Waals surface area contributed by atoms with E-state index in [0.717, 1.165) is 11.1 Å². The Labute approximate surface area is 85.1 Å². The van der Waals surface area contributed by atoms with Crippen LogP contribution in [0, 0.1) is 0 Å². The second kappa shape index (κ2) is 5.11. The van der Waals surface area contributed by atoms with Crippen LogP contribution in [0.2, 0.25) is 0 Å². The fourth-order valence-electron chi connectivity index (χ4n) is 1.62. The van der Waals surface area contributed by atoms with Gasteiger partial charge in [-0.25, -0.2) is 4.39 Å². The van der Waals surface area contributed by atoms with E-state index in [0.29, 0.717) is 18.9 Å². The summed E-state index contributed by atoms with van der Waals surface area (Å²) in [5.74, 6) is 0.363. The summed E-state index contributed by atoms with van der Waals surface area (Å²) >= 11 is 0. The predicted octanol–water partition coefficient (Wildman–Crippen LogP) is 3.17. The number of alkyl halides is 1. The molecule has 78 valence electrons. The van der Waals surface area contributed by atoms with Gasteiger partial charge >= 0.3 is 0 Å². The molecule has 0 aliphatic rings. The lowest BCUT2D eigenvalue weighted by Gasteiger charge is -2.15. The van der Waals surface area contributed by atoms with E-state index in [2.05, 4.69) is 13.8 Å². The van der Waals surface area contributed by atoms with Crippen LogP contribution in [0.15, 0.2) is 24.3 Å². The van der Waals surface area contributed by atoms with Gasteiger partial charge in [0.15, 0.2) is 0 Å². The van der Waals surface area contributed by atoms with Crippen molar-refractivity contribution in [2.45, 2.75) is 32.4 Å². The molecular weight excluding hydrogens is 177 g/mol. The molecule has 1 unspecified atom stereocenters. The quantitative estimate of drug-likeness (QED) is 0.784. The number of hydrogen-bond acceptors (Lipinski definition) is 1. The first kappa shape index (κ1) is 11.2. The maximum Gasteiger partial charge on any atom is 0.127 e. The van der Waals surface area contributed by atoms with E-state index in [9.17, 15) is 4.39 Å². The molecule has 0 bridgehead atoms. The fourth-order valence-corrected chi connectivity index (χ4v) is 1.62. The first-order valence-electron chi connectivity index (χ1n) is 5.09. The van der Waals surface area contributed by atoms with Crippen LogP contribution in [0.1, 0.15) is 43.5 Å². The molecule has 2 N–H and O–H groups in total. The molecular formula is C12H18FN. The molecule has 0 radical (unpaired) electrons. The molecule has 0 aliphatic heterocycles. The summed E-state index contributed by atoms with van der Waals surface area (Å²) in [6.45, 7) is 4.55. The van der Waals surface area contributed by atoms with Gasteiger partial charge in [-0.1, -0.05) is 38.1 Å². The minimum atomic E-state index is -0.918. The summed E-state index contributed by atoms with van der Waals surface area (Å²) in [5.41, 5.74) is 7.24. The Kier molecular flexibility index (Phi) is 4.08. The third-order valence-corrected chi connectivity index (χ3v) is 2.38. The van der Waals surface area contributed by atoms with Crippen LogP contribution < -0.4 is 5.73 Å². The van der Waals surface area contributed by atoms with Gasteiger partial charge in [-0.15, -0.1) is 0 Å². The smallest absolute Gasteiger partial charge is 0.127 e. The molecule has 2 heteroatoms. The highest BCUT2D eigenvalue weighted by Gasteiger charge is 2.14. The molecule has 0 aliphatic carbocycles. The number of halogens is 1. The van der Waals surface area contributed by atoms with Crippen LogP contribution in [0.4, 0.5) is 4.39 Å². The van der Waals surface area contributed by atoms with Gasteiger partial charge in [0.2, 0.25) is 0 Å². The number of rotatable bonds is 4. The molecule has 0 saturated heterocycles. The average molecular weight is 195 g/mol. The topological polar surface area (TPSA) is 26.0 Å². The molecule has 1 nitrogen and oxygen atoms in total. The summed E-state index contributed by atoms with van der Waals surface area (Å²) in [6, 6.07) is 7.68. The van der Waals surface area contributed by atoms with Gasteiger partial charge in [-0.3, -0.25) is 0 Å². The monoisotopic (exact) mass is 195 g/mol. The Balaban J connectivity index is 2.94. The van der Waals surface area contributed by atoms with Crippen molar-refractivity contribution in [2.24, 2.45) is 5.73 Å². The predicted molar refractivity (Wildman–Crippen MR) is 58.1 cm³/mol. The van der Waals surface area contributed by atoms with E-state index < -0.39 is 6.17 Å². The molecule has 0 aromatic heterocycles. The summed E-state index contributed by atoms with van der Waals surface area (Å²) < 4.78 is 13.7. The van der Waals surface area contributed by atoms with Crippen molar-refractivity contribution in [1.29, 1.82) is 0 Å². The average Bonchev–Trinajstić information content (AvgIpc) is 2.18. The lowest BCUT2D eigenvalue weighted by atomic mass is 9.93. The molecule has 0 heterocycles. The zero-order chi connectivity index (χ0) is 10.6. The first-order chi connectivity index (χ1) is 6.66. The molecule has 1 aromatic carbocycles. The van der Waals surface area contributed by atoms with Gasteiger partial charge in [0.25, 0.3) is 0 Å². The lowest BCUT2D eigenvalue weighted by molar-refractivity contribution is 0.325. The van der Waals surface area contributed by atoms with Crippen LogP contribution in [-0.2, 0) is 0 Å². The second-order valence-electron chi connectivity index (χ2n) is 3.83. The van der Waals surface area contributed by atoms with Crippen molar-refractivity contribution in [3.63, 3.8) is 0 Å². The third kappa shape index (κ3) is 2.55. The summed E-state index contributed by atoms with van der Waals surface area (Å²) in [4.78, 5) is 0. The summed E-state index contributed by atoms with van der Waals surface area (Å²) in [7, 11) is 0. The van der Waals surface area contributed by atoms with Gasteiger partial charge < -0.3 is 5.73 Å². The van der Waals surface area contributed by atoms with Gasteiger partial charge in [-0.2, -0.15) is 0 Å². The number of nitrogens with two attached hydrogens (primary N) is 1. The van der Waals surface area contributed by atoms with E-state index in [-0.39, 0.29) is 0 Å². The highest BCUT2D eigenvalue weighted by atomic mass is 19.1. The van der Waals surface area contributed by atoms with Gasteiger partial charge in [0, 0.05) is 0 Å². The van der Waals surface area contributed by atoms with Crippen molar-refractivity contribution >= 4 is 0 Å². The number of benzene rings is 1. The third-order valence-electron chi connectivity index (χ3n) is 2.38. The Hall–Kier alpha value is -0.890. The molecule has 0 spiro atoms. The largest absolute Gasteiger partial charge is 0.330 e. The van der Waals surface area contributed by atoms with Crippen LogP contribution in [0.5, 0.6) is 0 Å². The number of hydrogen-bond donors (Lipinski definition) is 1. The minimum Gasteiger partial charge on any atom is -0.330 e. The van der Waals surface area contributed by atoms with E-state index in [1.54, 1.807) is 0 Å². The van der Waals surface area contributed by atoms with Crippen LogP contribution >= 0.6 is 0 Å². The zero-order valence-electron chi connectivity index (χ0n) is 8.83.